The zero-order valence-electron chi connectivity index (χ0n) is 7.59. The van der Waals surface area contributed by atoms with E-state index in [2.05, 4.69) is 31.2 Å². The number of rotatable bonds is 2. The van der Waals surface area contributed by atoms with Crippen molar-refractivity contribution in [1.29, 1.82) is 0 Å². The Hall–Kier alpha value is -0.280. The molecule has 0 aromatic rings. The fourth-order valence-corrected chi connectivity index (χ4v) is 0.963. The van der Waals surface area contributed by atoms with Crippen molar-refractivity contribution < 1.29 is 0 Å². The van der Waals surface area contributed by atoms with Crippen LogP contribution in [0.15, 0.2) is 16.0 Å². The summed E-state index contributed by atoms with van der Waals surface area (Å²) < 4.78 is 3.91. The lowest BCUT2D eigenvalue weighted by molar-refractivity contribution is 0.526. The van der Waals surface area contributed by atoms with E-state index in [4.69, 9.17) is 5.14 Å². The quantitative estimate of drug-likeness (QED) is 0.513. The van der Waals surface area contributed by atoms with Crippen LogP contribution in [0.5, 0.6) is 0 Å². The van der Waals surface area contributed by atoms with Crippen molar-refractivity contribution in [2.45, 2.75) is 27.7 Å². The van der Waals surface area contributed by atoms with Crippen molar-refractivity contribution in [2.75, 3.05) is 0 Å². The molecule has 64 valence electrons. The van der Waals surface area contributed by atoms with Gasteiger partial charge in [0.15, 0.2) is 0 Å². The molecule has 3 heteroatoms. The van der Waals surface area contributed by atoms with Gasteiger partial charge in [-0.1, -0.05) is 26.8 Å². The summed E-state index contributed by atoms with van der Waals surface area (Å²) in [6.45, 7) is 8.45. The second kappa shape index (κ2) is 4.57. The summed E-state index contributed by atoms with van der Waals surface area (Å²) in [5.74, 6) is 0. The number of hydrogen-bond acceptors (Lipinski definition) is 3. The maximum atomic E-state index is 5.17. The summed E-state index contributed by atoms with van der Waals surface area (Å²) in [7, 11) is 0. The van der Waals surface area contributed by atoms with Crippen molar-refractivity contribution in [2.24, 2.45) is 15.0 Å². The Bertz CT molecular complexity index is 165. The smallest absolute Gasteiger partial charge is 0.0555 e. The summed E-state index contributed by atoms with van der Waals surface area (Å²) in [5, 5.41) is 5.17. The topological polar surface area (TPSA) is 38.4 Å². The molecule has 0 saturated heterocycles. The van der Waals surface area contributed by atoms with Gasteiger partial charge >= 0.3 is 0 Å². The van der Waals surface area contributed by atoms with Gasteiger partial charge in [-0.2, -0.15) is 0 Å². The highest BCUT2D eigenvalue weighted by Gasteiger charge is 2.13. The zero-order chi connectivity index (χ0) is 8.91. The normalized spacial score (nSPS) is 14.5. The van der Waals surface area contributed by atoms with Crippen molar-refractivity contribution >= 4 is 18.3 Å². The van der Waals surface area contributed by atoms with Crippen molar-refractivity contribution in [3.63, 3.8) is 0 Å². The Labute approximate surface area is 73.2 Å². The Kier molecular flexibility index (Phi) is 4.45. The minimum Gasteiger partial charge on any atom is -0.258 e. The highest BCUT2D eigenvalue weighted by Crippen LogP contribution is 2.23. The molecule has 2 nitrogen and oxygen atoms in total. The molecule has 11 heavy (non-hydrogen) atoms. The van der Waals surface area contributed by atoms with Crippen LogP contribution in [0.4, 0.5) is 0 Å². The average Bonchev–Trinajstić information content (AvgIpc) is 1.87. The zero-order valence-corrected chi connectivity index (χ0v) is 8.40. The molecule has 0 fully saturated rings. The number of nitrogens with two attached hydrogens (primary N) is 1. The molecule has 0 unspecified atom stereocenters. The Balaban J connectivity index is 4.33. The van der Waals surface area contributed by atoms with Gasteiger partial charge in [-0.3, -0.25) is 5.14 Å². The largest absolute Gasteiger partial charge is 0.258 e. The van der Waals surface area contributed by atoms with Gasteiger partial charge in [-0.15, -0.1) is 0 Å². The van der Waals surface area contributed by atoms with E-state index in [0.717, 1.165) is 12.1 Å². The predicted molar refractivity (Wildman–Crippen MR) is 53.5 cm³/mol. The van der Waals surface area contributed by atoms with E-state index in [0.29, 0.717) is 0 Å². The van der Waals surface area contributed by atoms with Gasteiger partial charge in [-0.25, -0.2) is 4.40 Å². The molecule has 0 rings (SSSR count). The fourth-order valence-electron chi connectivity index (χ4n) is 0.788. The summed E-state index contributed by atoms with van der Waals surface area (Å²) in [5.41, 5.74) is 1.36. The molecule has 0 aromatic heterocycles. The van der Waals surface area contributed by atoms with Gasteiger partial charge in [0, 0.05) is 6.21 Å². The summed E-state index contributed by atoms with van der Waals surface area (Å²) in [6.07, 6.45) is 3.87. The van der Waals surface area contributed by atoms with Crippen LogP contribution in [-0.2, 0) is 0 Å². The minimum absolute atomic E-state index is 0.161. The van der Waals surface area contributed by atoms with Gasteiger partial charge in [0.05, 0.1) is 12.1 Å². The van der Waals surface area contributed by atoms with E-state index in [-0.39, 0.29) is 5.41 Å². The first kappa shape index (κ1) is 10.7. The molecule has 0 saturated carbocycles. The number of nitrogens with zero attached hydrogens (tertiary/aromatic N) is 1. The molecule has 0 aliphatic carbocycles. The predicted octanol–water partition coefficient (Wildman–Crippen LogP) is 2.57. The number of hydrogen-bond donors (Lipinski definition) is 1. The van der Waals surface area contributed by atoms with Crippen LogP contribution in [0.2, 0.25) is 0 Å². The van der Waals surface area contributed by atoms with E-state index in [1.165, 1.54) is 5.57 Å². The highest BCUT2D eigenvalue weighted by atomic mass is 32.2. The van der Waals surface area contributed by atoms with E-state index in [9.17, 15) is 0 Å². The van der Waals surface area contributed by atoms with Gasteiger partial charge < -0.3 is 0 Å². The van der Waals surface area contributed by atoms with E-state index in [1.807, 2.05) is 13.1 Å². The van der Waals surface area contributed by atoms with Gasteiger partial charge in [0.1, 0.15) is 0 Å². The third-order valence-corrected chi connectivity index (χ3v) is 1.66. The van der Waals surface area contributed by atoms with Crippen LogP contribution in [0.25, 0.3) is 0 Å². The van der Waals surface area contributed by atoms with Crippen LogP contribution in [0.1, 0.15) is 27.7 Å². The second-order valence-electron chi connectivity index (χ2n) is 3.33. The van der Waals surface area contributed by atoms with Crippen molar-refractivity contribution in [3.8, 4) is 0 Å². The van der Waals surface area contributed by atoms with Gasteiger partial charge in [0.2, 0.25) is 0 Å². The van der Waals surface area contributed by atoms with E-state index < -0.39 is 0 Å². The maximum absolute atomic E-state index is 5.17. The first-order chi connectivity index (χ1) is 5.02. The Morgan fingerprint density at radius 2 is 2.00 bits per heavy atom. The molecule has 0 spiro atoms. The van der Waals surface area contributed by atoms with Crippen molar-refractivity contribution in [1.82, 2.24) is 0 Å². The Morgan fingerprint density at radius 1 is 1.45 bits per heavy atom. The SMILES string of the molecule is C/C=C(\C=NSN)C(C)(C)C. The molecule has 0 atom stereocenters. The third-order valence-electron chi connectivity index (χ3n) is 1.43. The summed E-state index contributed by atoms with van der Waals surface area (Å²) in [4.78, 5) is 0. The summed E-state index contributed by atoms with van der Waals surface area (Å²) in [6, 6.07) is 0. The van der Waals surface area contributed by atoms with Crippen LogP contribution in [-0.4, -0.2) is 6.21 Å². The van der Waals surface area contributed by atoms with Gasteiger partial charge in [-0.05, 0) is 17.9 Å². The first-order valence-corrected chi connectivity index (χ1v) is 4.42. The second-order valence-corrected chi connectivity index (χ2v) is 3.76. The molecule has 0 radical (unpaired) electrons. The monoisotopic (exact) mass is 172 g/mol. The molecule has 0 bridgehead atoms. The molecular weight excluding hydrogens is 156 g/mol. The number of allylic oxidation sites excluding steroid dienone is 2. The highest BCUT2D eigenvalue weighted by molar-refractivity contribution is 7.95. The molecule has 0 heterocycles. The lowest BCUT2D eigenvalue weighted by atomic mass is 9.87. The lowest BCUT2D eigenvalue weighted by Gasteiger charge is -2.18. The minimum atomic E-state index is 0.161. The van der Waals surface area contributed by atoms with E-state index in [1.54, 1.807) is 0 Å². The third kappa shape index (κ3) is 4.22. The maximum Gasteiger partial charge on any atom is 0.0555 e. The fraction of sp³-hybridized carbons (Fsp3) is 0.625. The van der Waals surface area contributed by atoms with Crippen LogP contribution < -0.4 is 5.14 Å². The molecule has 0 aromatic carbocycles. The lowest BCUT2D eigenvalue weighted by Crippen LogP contribution is -2.09. The summed E-state index contributed by atoms with van der Waals surface area (Å²) >= 11 is 0.990. The average molecular weight is 172 g/mol. The van der Waals surface area contributed by atoms with Gasteiger partial charge in [0.25, 0.3) is 0 Å². The first-order valence-electron chi connectivity index (χ1n) is 3.58. The standard InChI is InChI=1S/C8H16N2S/c1-5-7(6-10-11-9)8(2,3)4/h5-6H,9H2,1-4H3/b7-5+,10-6?. The molecule has 0 aliphatic rings. The van der Waals surface area contributed by atoms with E-state index >= 15 is 0 Å². The van der Waals surface area contributed by atoms with Crippen LogP contribution in [0.3, 0.4) is 0 Å². The molecule has 0 aliphatic heterocycles. The van der Waals surface area contributed by atoms with Crippen LogP contribution in [0, 0.1) is 5.41 Å². The van der Waals surface area contributed by atoms with Crippen LogP contribution >= 0.6 is 12.1 Å². The van der Waals surface area contributed by atoms with Crippen molar-refractivity contribution in [3.05, 3.63) is 11.6 Å². The molecular formula is C8H16N2S. The molecule has 2 N–H and O–H groups in total. The molecule has 0 amide bonds. The Morgan fingerprint density at radius 3 is 2.27 bits per heavy atom.